The van der Waals surface area contributed by atoms with Crippen LogP contribution in [0.5, 0.6) is 0 Å². The number of para-hydroxylation sites is 2. The van der Waals surface area contributed by atoms with E-state index in [1.807, 2.05) is 167 Å². The van der Waals surface area contributed by atoms with E-state index in [0.29, 0.717) is 28.3 Å². The monoisotopic (exact) mass is 781 g/mol. The predicted molar refractivity (Wildman–Crippen MR) is 240 cm³/mol. The molecule has 0 fully saturated rings. The lowest BCUT2D eigenvalue weighted by Crippen LogP contribution is -2.11. The smallest absolute Gasteiger partial charge is 0.308 e. The van der Waals surface area contributed by atoms with Crippen molar-refractivity contribution in [3.63, 3.8) is 0 Å². The molecule has 8 aromatic carbocycles. The summed E-state index contributed by atoms with van der Waals surface area (Å²) < 4.78 is 50.9. The van der Waals surface area contributed by atoms with Gasteiger partial charge in [-0.2, -0.15) is 13.2 Å². The van der Waals surface area contributed by atoms with E-state index in [0.717, 1.165) is 71.4 Å². The molecule has 0 N–H and O–H groups in total. The summed E-state index contributed by atoms with van der Waals surface area (Å²) in [5, 5.41) is 3.75. The maximum atomic E-state index is 15.6. The number of halogens is 3. The predicted octanol–water partition coefficient (Wildman–Crippen LogP) is 15.0. The van der Waals surface area contributed by atoms with Crippen LogP contribution in [-0.4, -0.2) is 14.1 Å². The van der Waals surface area contributed by atoms with Crippen LogP contribution in [0.2, 0.25) is 0 Å². The van der Waals surface area contributed by atoms with Crippen LogP contribution in [0.3, 0.4) is 0 Å². The van der Waals surface area contributed by atoms with Gasteiger partial charge in [-0.05, 0) is 70.8 Å². The van der Waals surface area contributed by atoms with Gasteiger partial charge in [0.2, 0.25) is 0 Å². The third-order valence-electron chi connectivity index (χ3n) is 11.5. The van der Waals surface area contributed by atoms with Gasteiger partial charge in [0.1, 0.15) is 0 Å². The van der Waals surface area contributed by atoms with Crippen molar-refractivity contribution in [1.82, 2.24) is 14.1 Å². The van der Waals surface area contributed by atoms with E-state index < -0.39 is 11.7 Å². The number of alkyl halides is 3. The first-order valence-corrected chi connectivity index (χ1v) is 19.9. The van der Waals surface area contributed by atoms with Gasteiger partial charge in [0, 0.05) is 32.7 Å². The highest BCUT2D eigenvalue weighted by molar-refractivity contribution is 6.13. The Bertz CT molecular complexity index is 3220. The zero-order chi connectivity index (χ0) is 40.4. The van der Waals surface area contributed by atoms with Crippen LogP contribution in [0.15, 0.2) is 206 Å². The van der Waals surface area contributed by atoms with Crippen molar-refractivity contribution in [3.05, 3.63) is 212 Å². The summed E-state index contributed by atoms with van der Waals surface area (Å²) in [6, 6.07) is 66.8. The molecule has 11 rings (SSSR count). The molecule has 6 heteroatoms. The van der Waals surface area contributed by atoms with Gasteiger partial charge in [-0.1, -0.05) is 158 Å². The molecular formula is C54H34F3N3. The standard InChI is InChI=1S/C54H34F3N3/c55-54(56,57)40-33-51(59-47-25-12-10-21-41(47)43-29-27-38(31-49(43)59)35-15-4-1-5-16-35)53(46-24-14-23-45(58-46)37-19-8-3-9-20-37)52(34-40)60-48-26-13-11-22-42(48)44-30-28-39(32-50(44)60)36-17-6-2-7-18-36/h1-34H. The highest BCUT2D eigenvalue weighted by Crippen LogP contribution is 2.46. The molecule has 11 aromatic rings. The Balaban J connectivity index is 1.32. The summed E-state index contributed by atoms with van der Waals surface area (Å²) >= 11 is 0. The number of nitrogens with zero attached hydrogens (tertiary/aromatic N) is 3. The SMILES string of the molecule is FC(F)(F)c1cc(-n2c3ccccc3c3ccc(-c4ccccc4)cc32)c(-c2cccc(-c3ccccc3)n2)c(-n2c3ccccc3c3ccc(-c4ccccc4)cc32)c1. The molecule has 0 aliphatic carbocycles. The lowest BCUT2D eigenvalue weighted by Gasteiger charge is -2.22. The average Bonchev–Trinajstić information content (AvgIpc) is 3.81. The summed E-state index contributed by atoms with van der Waals surface area (Å²) in [5.74, 6) is 0. The van der Waals surface area contributed by atoms with Crippen LogP contribution in [-0.2, 0) is 6.18 Å². The van der Waals surface area contributed by atoms with Gasteiger partial charge in [-0.25, -0.2) is 4.98 Å². The number of benzene rings is 8. The topological polar surface area (TPSA) is 22.8 Å². The molecule has 0 saturated carbocycles. The van der Waals surface area contributed by atoms with E-state index in [9.17, 15) is 0 Å². The van der Waals surface area contributed by atoms with E-state index in [2.05, 4.69) is 36.4 Å². The van der Waals surface area contributed by atoms with Crippen molar-refractivity contribution < 1.29 is 13.2 Å². The van der Waals surface area contributed by atoms with Gasteiger partial charge < -0.3 is 9.13 Å². The normalized spacial score (nSPS) is 11.9. The molecule has 0 unspecified atom stereocenters. The van der Waals surface area contributed by atoms with Gasteiger partial charge in [0.15, 0.2) is 0 Å². The lowest BCUT2D eigenvalue weighted by atomic mass is 9.99. The van der Waals surface area contributed by atoms with Crippen LogP contribution in [0.1, 0.15) is 5.56 Å². The van der Waals surface area contributed by atoms with Gasteiger partial charge in [0.25, 0.3) is 0 Å². The minimum Gasteiger partial charge on any atom is -0.308 e. The quantitative estimate of drug-likeness (QED) is 0.165. The molecule has 60 heavy (non-hydrogen) atoms. The van der Waals surface area contributed by atoms with Crippen LogP contribution >= 0.6 is 0 Å². The largest absolute Gasteiger partial charge is 0.416 e. The Hall–Kier alpha value is -7.70. The van der Waals surface area contributed by atoms with Gasteiger partial charge in [0.05, 0.1) is 50.4 Å². The minimum absolute atomic E-state index is 0.374. The zero-order valence-electron chi connectivity index (χ0n) is 32.1. The summed E-state index contributed by atoms with van der Waals surface area (Å²) in [4.78, 5) is 5.29. The van der Waals surface area contributed by atoms with E-state index in [-0.39, 0.29) is 0 Å². The lowest BCUT2D eigenvalue weighted by molar-refractivity contribution is -0.137. The first-order chi connectivity index (χ1) is 29.4. The summed E-state index contributed by atoms with van der Waals surface area (Å²) in [6.45, 7) is 0. The molecule has 3 heterocycles. The average molecular weight is 782 g/mol. The maximum absolute atomic E-state index is 15.6. The summed E-state index contributed by atoms with van der Waals surface area (Å²) in [6.07, 6.45) is -4.68. The highest BCUT2D eigenvalue weighted by atomic mass is 19.4. The molecule has 0 spiro atoms. The van der Waals surface area contributed by atoms with E-state index in [4.69, 9.17) is 4.98 Å². The van der Waals surface area contributed by atoms with Gasteiger partial charge in [-0.15, -0.1) is 0 Å². The summed E-state index contributed by atoms with van der Waals surface area (Å²) in [7, 11) is 0. The van der Waals surface area contributed by atoms with Crippen LogP contribution < -0.4 is 0 Å². The van der Waals surface area contributed by atoms with Crippen LogP contribution in [0.25, 0.3) is 99.8 Å². The second kappa shape index (κ2) is 14.0. The van der Waals surface area contributed by atoms with Gasteiger partial charge >= 0.3 is 6.18 Å². The molecule has 286 valence electrons. The van der Waals surface area contributed by atoms with E-state index in [1.165, 1.54) is 12.1 Å². The number of hydrogen-bond donors (Lipinski definition) is 0. The van der Waals surface area contributed by atoms with Crippen molar-refractivity contribution in [2.45, 2.75) is 6.18 Å². The van der Waals surface area contributed by atoms with E-state index >= 15 is 13.2 Å². The third-order valence-corrected chi connectivity index (χ3v) is 11.5. The third kappa shape index (κ3) is 5.87. The molecule has 0 saturated heterocycles. The second-order valence-electron chi connectivity index (χ2n) is 15.1. The van der Waals surface area contributed by atoms with Crippen LogP contribution in [0.4, 0.5) is 13.2 Å². The van der Waals surface area contributed by atoms with Crippen LogP contribution in [0, 0.1) is 0 Å². The molecule has 3 aromatic heterocycles. The summed E-state index contributed by atoms with van der Waals surface area (Å²) in [5.41, 5.74) is 9.83. The van der Waals surface area contributed by atoms with Crippen molar-refractivity contribution in [2.24, 2.45) is 0 Å². The van der Waals surface area contributed by atoms with Crippen molar-refractivity contribution in [2.75, 3.05) is 0 Å². The minimum atomic E-state index is -4.68. The molecule has 3 nitrogen and oxygen atoms in total. The van der Waals surface area contributed by atoms with Crippen molar-refractivity contribution in [1.29, 1.82) is 0 Å². The zero-order valence-corrected chi connectivity index (χ0v) is 32.1. The number of hydrogen-bond acceptors (Lipinski definition) is 1. The van der Waals surface area contributed by atoms with Crippen molar-refractivity contribution in [3.8, 4) is 56.1 Å². The fraction of sp³-hybridized carbons (Fsp3) is 0.0185. The first kappa shape index (κ1) is 35.5. The second-order valence-corrected chi connectivity index (χ2v) is 15.1. The highest BCUT2D eigenvalue weighted by Gasteiger charge is 2.34. The Kier molecular flexibility index (Phi) is 8.27. The molecule has 0 amide bonds. The fourth-order valence-electron chi connectivity index (χ4n) is 8.81. The Morgan fingerprint density at radius 2 is 0.750 bits per heavy atom. The van der Waals surface area contributed by atoms with Gasteiger partial charge in [-0.3, -0.25) is 0 Å². The fourth-order valence-corrected chi connectivity index (χ4v) is 8.81. The number of pyridine rings is 1. The number of fused-ring (bicyclic) bond motifs is 6. The maximum Gasteiger partial charge on any atom is 0.416 e. The first-order valence-electron chi connectivity index (χ1n) is 19.9. The molecule has 0 atom stereocenters. The molecule has 0 radical (unpaired) electrons. The number of aromatic nitrogens is 3. The van der Waals surface area contributed by atoms with E-state index in [1.54, 1.807) is 0 Å². The Morgan fingerprint density at radius 1 is 0.333 bits per heavy atom. The Labute approximate surface area is 343 Å². The molecule has 0 bridgehead atoms. The number of rotatable bonds is 6. The molecule has 0 aliphatic heterocycles. The molecule has 0 aliphatic rings. The Morgan fingerprint density at radius 3 is 1.23 bits per heavy atom. The molecular weight excluding hydrogens is 748 g/mol. The van der Waals surface area contributed by atoms with Crippen molar-refractivity contribution >= 4 is 43.6 Å².